The highest BCUT2D eigenvalue weighted by Gasteiger charge is 2.33. The van der Waals surface area contributed by atoms with E-state index in [9.17, 15) is 4.79 Å². The van der Waals surface area contributed by atoms with Crippen molar-refractivity contribution < 1.29 is 4.79 Å². The highest BCUT2D eigenvalue weighted by atomic mass is 35.5. The quantitative estimate of drug-likeness (QED) is 0.897. The zero-order valence-corrected chi connectivity index (χ0v) is 13.8. The van der Waals surface area contributed by atoms with Gasteiger partial charge in [0.2, 0.25) is 0 Å². The van der Waals surface area contributed by atoms with Gasteiger partial charge in [0, 0.05) is 17.8 Å². The standard InChI is InChI=1S/C14H23N3OS.ClH/c1-14(2)7-4-3-5-11(14)17-13(18)10-9-19-12(16-10)6-8-15;/h9,11H,3-8,15H2,1-2H3,(H,17,18);1H. The molecule has 3 N–H and O–H groups in total. The number of hydrogen-bond donors (Lipinski definition) is 2. The molecule has 0 radical (unpaired) electrons. The predicted molar refractivity (Wildman–Crippen MR) is 85.6 cm³/mol. The number of amides is 1. The van der Waals surface area contributed by atoms with Gasteiger partial charge in [-0.05, 0) is 24.8 Å². The molecular formula is C14H24ClN3OS. The van der Waals surface area contributed by atoms with Gasteiger partial charge >= 0.3 is 0 Å². The molecule has 0 spiro atoms. The van der Waals surface area contributed by atoms with E-state index < -0.39 is 0 Å². The molecule has 4 nitrogen and oxygen atoms in total. The Morgan fingerprint density at radius 2 is 2.30 bits per heavy atom. The Balaban J connectivity index is 0.00000200. The predicted octanol–water partition coefficient (Wildman–Crippen LogP) is 2.76. The molecule has 6 heteroatoms. The molecule has 2 rings (SSSR count). The van der Waals surface area contributed by atoms with Gasteiger partial charge in [0.25, 0.3) is 5.91 Å². The Morgan fingerprint density at radius 3 is 2.95 bits per heavy atom. The maximum absolute atomic E-state index is 12.2. The second kappa shape index (κ2) is 7.38. The summed E-state index contributed by atoms with van der Waals surface area (Å²) in [5.74, 6) is -0.0421. The molecule has 1 saturated carbocycles. The zero-order valence-electron chi connectivity index (χ0n) is 12.1. The summed E-state index contributed by atoms with van der Waals surface area (Å²) in [4.78, 5) is 16.6. The van der Waals surface area contributed by atoms with Crippen molar-refractivity contribution in [3.05, 3.63) is 16.1 Å². The average molecular weight is 318 g/mol. The third-order valence-corrected chi connectivity index (χ3v) is 4.86. The Bertz CT molecular complexity index is 447. The molecule has 0 aliphatic heterocycles. The number of carbonyl (C=O) groups excluding carboxylic acids is 1. The summed E-state index contributed by atoms with van der Waals surface area (Å²) in [6.45, 7) is 5.04. The number of thiazole rings is 1. The summed E-state index contributed by atoms with van der Waals surface area (Å²) in [7, 11) is 0. The number of aromatic nitrogens is 1. The van der Waals surface area contributed by atoms with Crippen LogP contribution in [-0.4, -0.2) is 23.5 Å². The summed E-state index contributed by atoms with van der Waals surface area (Å²) in [5, 5.41) is 5.92. The number of carbonyl (C=O) groups is 1. The zero-order chi connectivity index (χ0) is 13.9. The van der Waals surface area contributed by atoms with Crippen molar-refractivity contribution >= 4 is 29.7 Å². The van der Waals surface area contributed by atoms with Gasteiger partial charge in [-0.1, -0.05) is 26.7 Å². The average Bonchev–Trinajstić information content (AvgIpc) is 2.81. The monoisotopic (exact) mass is 317 g/mol. The lowest BCUT2D eigenvalue weighted by Crippen LogP contribution is -2.46. The van der Waals surface area contributed by atoms with Gasteiger partial charge < -0.3 is 11.1 Å². The SMILES string of the molecule is CC1(C)CCCCC1NC(=O)c1csc(CCN)n1.Cl. The third-order valence-electron chi connectivity index (χ3n) is 3.96. The molecule has 1 aromatic rings. The van der Waals surface area contributed by atoms with Crippen LogP contribution < -0.4 is 11.1 Å². The largest absolute Gasteiger partial charge is 0.347 e. The van der Waals surface area contributed by atoms with Crippen LogP contribution in [-0.2, 0) is 6.42 Å². The third kappa shape index (κ3) is 4.17. The molecule has 1 aliphatic carbocycles. The normalized spacial score (nSPS) is 21.1. The summed E-state index contributed by atoms with van der Waals surface area (Å²) >= 11 is 1.51. The van der Waals surface area contributed by atoms with Crippen LogP contribution in [0.25, 0.3) is 0 Å². The van der Waals surface area contributed by atoms with Crippen LogP contribution in [0.2, 0.25) is 0 Å². The maximum atomic E-state index is 12.2. The second-order valence-corrected chi connectivity index (χ2v) is 6.87. The molecule has 1 fully saturated rings. The molecule has 0 saturated heterocycles. The first kappa shape index (κ1) is 17.4. The first-order valence-electron chi connectivity index (χ1n) is 6.98. The minimum absolute atomic E-state index is 0. The molecule has 1 unspecified atom stereocenters. The number of nitrogens with one attached hydrogen (secondary N) is 1. The van der Waals surface area contributed by atoms with E-state index in [-0.39, 0.29) is 29.8 Å². The fraction of sp³-hybridized carbons (Fsp3) is 0.714. The number of halogens is 1. The fourth-order valence-electron chi connectivity index (χ4n) is 2.65. The smallest absolute Gasteiger partial charge is 0.270 e. The van der Waals surface area contributed by atoms with Crippen molar-refractivity contribution in [1.29, 1.82) is 0 Å². The van der Waals surface area contributed by atoms with E-state index in [1.165, 1.54) is 30.6 Å². The summed E-state index contributed by atoms with van der Waals surface area (Å²) in [6.07, 6.45) is 5.44. The van der Waals surface area contributed by atoms with Crippen molar-refractivity contribution in [3.63, 3.8) is 0 Å². The second-order valence-electron chi connectivity index (χ2n) is 5.93. The van der Waals surface area contributed by atoms with Crippen LogP contribution in [0.3, 0.4) is 0 Å². The van der Waals surface area contributed by atoms with E-state index in [0.29, 0.717) is 12.2 Å². The van der Waals surface area contributed by atoms with Crippen molar-refractivity contribution in [1.82, 2.24) is 10.3 Å². The van der Waals surface area contributed by atoms with Crippen molar-refractivity contribution in [2.75, 3.05) is 6.54 Å². The summed E-state index contributed by atoms with van der Waals surface area (Å²) in [6, 6.07) is 0.258. The summed E-state index contributed by atoms with van der Waals surface area (Å²) < 4.78 is 0. The highest BCUT2D eigenvalue weighted by Crippen LogP contribution is 2.35. The lowest BCUT2D eigenvalue weighted by atomic mass is 9.73. The Hall–Kier alpha value is -0.650. The fourth-order valence-corrected chi connectivity index (χ4v) is 3.44. The van der Waals surface area contributed by atoms with Crippen molar-refractivity contribution in [2.45, 2.75) is 52.0 Å². The molecule has 1 aliphatic rings. The molecule has 1 atom stereocenters. The number of rotatable bonds is 4. The molecule has 1 amide bonds. The van der Waals surface area contributed by atoms with Crippen molar-refractivity contribution in [3.8, 4) is 0 Å². The van der Waals surface area contributed by atoms with Crippen LogP contribution in [0.15, 0.2) is 5.38 Å². The molecule has 1 heterocycles. The molecule has 0 aromatic carbocycles. The van der Waals surface area contributed by atoms with E-state index >= 15 is 0 Å². The highest BCUT2D eigenvalue weighted by molar-refractivity contribution is 7.09. The molecule has 1 aromatic heterocycles. The summed E-state index contributed by atoms with van der Waals surface area (Å²) in [5.41, 5.74) is 6.22. The lowest BCUT2D eigenvalue weighted by Gasteiger charge is -2.38. The van der Waals surface area contributed by atoms with Gasteiger partial charge in [0.05, 0.1) is 5.01 Å². The molecule has 20 heavy (non-hydrogen) atoms. The first-order chi connectivity index (χ1) is 9.03. The maximum Gasteiger partial charge on any atom is 0.270 e. The van der Waals surface area contributed by atoms with E-state index in [4.69, 9.17) is 5.73 Å². The van der Waals surface area contributed by atoms with E-state index in [2.05, 4.69) is 24.1 Å². The molecule has 114 valence electrons. The lowest BCUT2D eigenvalue weighted by molar-refractivity contribution is 0.0849. The van der Waals surface area contributed by atoms with Gasteiger partial charge in [-0.3, -0.25) is 4.79 Å². The van der Waals surface area contributed by atoms with Crippen LogP contribution >= 0.6 is 23.7 Å². The van der Waals surface area contributed by atoms with Gasteiger partial charge in [0.1, 0.15) is 5.69 Å². The van der Waals surface area contributed by atoms with Crippen LogP contribution in [0.4, 0.5) is 0 Å². The van der Waals surface area contributed by atoms with Crippen LogP contribution in [0.5, 0.6) is 0 Å². The van der Waals surface area contributed by atoms with Gasteiger partial charge in [-0.15, -0.1) is 23.7 Å². The minimum atomic E-state index is -0.0421. The molecular weight excluding hydrogens is 294 g/mol. The van der Waals surface area contributed by atoms with Gasteiger partial charge in [-0.25, -0.2) is 4.98 Å². The first-order valence-corrected chi connectivity index (χ1v) is 7.86. The van der Waals surface area contributed by atoms with E-state index in [1.807, 2.05) is 5.38 Å². The van der Waals surface area contributed by atoms with E-state index in [0.717, 1.165) is 17.8 Å². The Labute approximate surface area is 131 Å². The van der Waals surface area contributed by atoms with Gasteiger partial charge in [0.15, 0.2) is 0 Å². The van der Waals surface area contributed by atoms with Crippen LogP contribution in [0.1, 0.15) is 55.0 Å². The van der Waals surface area contributed by atoms with Gasteiger partial charge in [-0.2, -0.15) is 0 Å². The van der Waals surface area contributed by atoms with Crippen molar-refractivity contribution in [2.24, 2.45) is 11.1 Å². The number of hydrogen-bond acceptors (Lipinski definition) is 4. The topological polar surface area (TPSA) is 68.0 Å². The number of nitrogens with two attached hydrogens (primary N) is 1. The molecule has 0 bridgehead atoms. The number of nitrogens with zero attached hydrogens (tertiary/aromatic N) is 1. The Morgan fingerprint density at radius 1 is 1.55 bits per heavy atom. The van der Waals surface area contributed by atoms with Crippen LogP contribution in [0, 0.1) is 5.41 Å². The Kier molecular flexibility index (Phi) is 6.43. The van der Waals surface area contributed by atoms with E-state index in [1.54, 1.807) is 0 Å². The minimum Gasteiger partial charge on any atom is -0.347 e.